The molecule has 0 aromatic rings. The Morgan fingerprint density at radius 1 is 1.11 bits per heavy atom. The largest absolute Gasteiger partial charge is 0.450 e. The first-order valence-corrected chi connectivity index (χ1v) is 10.7. The topological polar surface area (TPSA) is 69.2 Å². The number of nitrogens with one attached hydrogen (secondary N) is 2. The van der Waals surface area contributed by atoms with E-state index in [9.17, 15) is 4.79 Å². The fourth-order valence-corrected chi connectivity index (χ4v) is 3.20. The number of rotatable bonds is 11. The Hall–Kier alpha value is -1.50. The Bertz CT molecular complexity index is 421. The number of nitrogens with zero attached hydrogens (tertiary/aromatic N) is 3. The molecule has 158 valence electrons. The summed E-state index contributed by atoms with van der Waals surface area (Å²) in [5.74, 6) is 0.902. The van der Waals surface area contributed by atoms with Crippen LogP contribution in [-0.2, 0) is 4.74 Å². The second kappa shape index (κ2) is 14.5. The van der Waals surface area contributed by atoms with E-state index in [1.165, 1.54) is 32.2 Å². The number of amides is 1. The second-order valence-electron chi connectivity index (χ2n) is 7.44. The van der Waals surface area contributed by atoms with Gasteiger partial charge in [0.25, 0.3) is 0 Å². The van der Waals surface area contributed by atoms with Gasteiger partial charge in [-0.2, -0.15) is 0 Å². The van der Waals surface area contributed by atoms with Gasteiger partial charge in [-0.25, -0.2) is 4.79 Å². The van der Waals surface area contributed by atoms with Gasteiger partial charge in [-0.05, 0) is 60.2 Å². The number of guanidine groups is 1. The lowest BCUT2D eigenvalue weighted by Crippen LogP contribution is -2.49. The molecule has 1 aliphatic heterocycles. The van der Waals surface area contributed by atoms with Gasteiger partial charge in [-0.3, -0.25) is 4.99 Å². The van der Waals surface area contributed by atoms with E-state index in [1.54, 1.807) is 4.90 Å². The lowest BCUT2D eigenvalue weighted by Gasteiger charge is -2.32. The van der Waals surface area contributed by atoms with E-state index in [4.69, 9.17) is 9.73 Å². The lowest BCUT2D eigenvalue weighted by molar-refractivity contribution is 0.0963. The minimum atomic E-state index is -0.192. The van der Waals surface area contributed by atoms with Crippen LogP contribution in [0, 0.1) is 0 Å². The fourth-order valence-electron chi connectivity index (χ4n) is 3.20. The van der Waals surface area contributed by atoms with Gasteiger partial charge in [0.2, 0.25) is 0 Å². The van der Waals surface area contributed by atoms with E-state index in [1.807, 2.05) is 6.92 Å². The highest BCUT2D eigenvalue weighted by molar-refractivity contribution is 5.80. The van der Waals surface area contributed by atoms with Crippen molar-refractivity contribution in [3.05, 3.63) is 0 Å². The summed E-state index contributed by atoms with van der Waals surface area (Å²) < 4.78 is 5.08. The summed E-state index contributed by atoms with van der Waals surface area (Å²) >= 11 is 0. The van der Waals surface area contributed by atoms with E-state index in [2.05, 4.69) is 36.6 Å². The SMILES string of the molecule is CCNC(=NCCCCCCCN(C)C)NC1CCN(C(=O)OCC)CC1. The molecule has 1 fully saturated rings. The molecule has 1 rings (SSSR count). The predicted molar refractivity (Wildman–Crippen MR) is 112 cm³/mol. The third kappa shape index (κ3) is 11.1. The third-order valence-electron chi connectivity index (χ3n) is 4.74. The van der Waals surface area contributed by atoms with Crippen LogP contribution < -0.4 is 10.6 Å². The zero-order chi connectivity index (χ0) is 19.9. The second-order valence-corrected chi connectivity index (χ2v) is 7.44. The molecular weight excluding hydrogens is 342 g/mol. The quantitative estimate of drug-likeness (QED) is 0.326. The van der Waals surface area contributed by atoms with Crippen LogP contribution in [0.3, 0.4) is 0 Å². The van der Waals surface area contributed by atoms with Crippen molar-refractivity contribution in [2.45, 2.75) is 64.8 Å². The van der Waals surface area contributed by atoms with Crippen molar-refractivity contribution >= 4 is 12.1 Å². The Kier molecular flexibility index (Phi) is 12.7. The number of ether oxygens (including phenoxy) is 1. The predicted octanol–water partition coefficient (Wildman–Crippen LogP) is 2.67. The van der Waals surface area contributed by atoms with Crippen molar-refractivity contribution in [1.82, 2.24) is 20.4 Å². The Balaban J connectivity index is 2.23. The van der Waals surface area contributed by atoms with Crippen molar-refractivity contribution in [3.8, 4) is 0 Å². The monoisotopic (exact) mass is 383 g/mol. The van der Waals surface area contributed by atoms with Gasteiger partial charge in [0.05, 0.1) is 6.61 Å². The summed E-state index contributed by atoms with van der Waals surface area (Å²) in [4.78, 5) is 20.5. The van der Waals surface area contributed by atoms with Crippen LogP contribution in [0.5, 0.6) is 0 Å². The van der Waals surface area contributed by atoms with Crippen molar-refractivity contribution in [2.24, 2.45) is 4.99 Å². The van der Waals surface area contributed by atoms with Gasteiger partial charge in [0.1, 0.15) is 0 Å². The molecule has 1 saturated heterocycles. The number of likely N-dealkylation sites (tertiary alicyclic amines) is 1. The van der Waals surface area contributed by atoms with E-state index in [0.717, 1.165) is 51.4 Å². The fraction of sp³-hybridized carbons (Fsp3) is 0.900. The highest BCUT2D eigenvalue weighted by Gasteiger charge is 2.23. The van der Waals surface area contributed by atoms with Crippen molar-refractivity contribution < 1.29 is 9.53 Å². The number of hydrogen-bond donors (Lipinski definition) is 2. The van der Waals surface area contributed by atoms with Crippen LogP contribution in [0.25, 0.3) is 0 Å². The molecule has 1 amide bonds. The molecule has 0 spiro atoms. The Labute approximate surface area is 165 Å². The summed E-state index contributed by atoms with van der Waals surface area (Å²) in [6.45, 7) is 8.75. The highest BCUT2D eigenvalue weighted by atomic mass is 16.6. The maximum absolute atomic E-state index is 11.8. The maximum Gasteiger partial charge on any atom is 0.409 e. The summed E-state index contributed by atoms with van der Waals surface area (Å²) in [5.41, 5.74) is 0. The molecule has 2 N–H and O–H groups in total. The van der Waals surface area contributed by atoms with E-state index in [0.29, 0.717) is 12.6 Å². The molecule has 0 bridgehead atoms. The summed E-state index contributed by atoms with van der Waals surface area (Å²) in [5, 5.41) is 6.86. The lowest BCUT2D eigenvalue weighted by atomic mass is 10.1. The molecule has 1 heterocycles. The molecule has 1 aliphatic rings. The number of aliphatic imine (C=N–C) groups is 1. The van der Waals surface area contributed by atoms with Gasteiger partial charge in [-0.1, -0.05) is 19.3 Å². The van der Waals surface area contributed by atoms with E-state index >= 15 is 0 Å². The molecule has 7 heteroatoms. The minimum Gasteiger partial charge on any atom is -0.450 e. The smallest absolute Gasteiger partial charge is 0.409 e. The average Bonchev–Trinajstić information content (AvgIpc) is 2.64. The molecular formula is C20H41N5O2. The van der Waals surface area contributed by atoms with Crippen LogP contribution in [-0.4, -0.2) is 81.3 Å². The van der Waals surface area contributed by atoms with Gasteiger partial charge < -0.3 is 25.2 Å². The standard InChI is InChI=1S/C20H41N5O2/c1-5-21-19(22-14-10-8-7-9-11-15-24(3)4)23-18-12-16-25(17-13-18)20(26)27-6-2/h18H,5-17H2,1-4H3,(H2,21,22,23). The van der Waals surface area contributed by atoms with Crippen LogP contribution in [0.15, 0.2) is 4.99 Å². The van der Waals surface area contributed by atoms with Crippen molar-refractivity contribution in [3.63, 3.8) is 0 Å². The minimum absolute atomic E-state index is 0.192. The molecule has 0 aliphatic carbocycles. The Morgan fingerprint density at radius 2 is 1.78 bits per heavy atom. The van der Waals surface area contributed by atoms with Crippen LogP contribution in [0.2, 0.25) is 0 Å². The van der Waals surface area contributed by atoms with E-state index in [-0.39, 0.29) is 6.09 Å². The van der Waals surface area contributed by atoms with Gasteiger partial charge in [0.15, 0.2) is 5.96 Å². The summed E-state index contributed by atoms with van der Waals surface area (Å²) in [6, 6.07) is 0.361. The van der Waals surface area contributed by atoms with Gasteiger partial charge in [-0.15, -0.1) is 0 Å². The number of unbranched alkanes of at least 4 members (excludes halogenated alkanes) is 4. The van der Waals surface area contributed by atoms with E-state index < -0.39 is 0 Å². The molecule has 0 aromatic carbocycles. The number of carbonyl (C=O) groups excluding carboxylic acids is 1. The highest BCUT2D eigenvalue weighted by Crippen LogP contribution is 2.11. The number of piperidine rings is 1. The van der Waals surface area contributed by atoms with Crippen LogP contribution in [0.4, 0.5) is 4.79 Å². The first-order valence-electron chi connectivity index (χ1n) is 10.7. The molecule has 0 aromatic heterocycles. The molecule has 0 radical (unpaired) electrons. The summed E-state index contributed by atoms with van der Waals surface area (Å²) in [6.07, 6.45) is 7.92. The van der Waals surface area contributed by atoms with Crippen LogP contribution in [0.1, 0.15) is 58.8 Å². The van der Waals surface area contributed by atoms with Gasteiger partial charge >= 0.3 is 6.09 Å². The normalized spacial score (nSPS) is 15.9. The molecule has 7 nitrogen and oxygen atoms in total. The number of hydrogen-bond acceptors (Lipinski definition) is 4. The first-order chi connectivity index (χ1) is 13.1. The Morgan fingerprint density at radius 3 is 2.41 bits per heavy atom. The zero-order valence-electron chi connectivity index (χ0n) is 17.9. The third-order valence-corrected chi connectivity index (χ3v) is 4.74. The van der Waals surface area contributed by atoms with Crippen LogP contribution >= 0.6 is 0 Å². The maximum atomic E-state index is 11.8. The molecule has 0 unspecified atom stereocenters. The summed E-state index contributed by atoms with van der Waals surface area (Å²) in [7, 11) is 4.26. The van der Waals surface area contributed by atoms with Crippen molar-refractivity contribution in [1.29, 1.82) is 0 Å². The number of carbonyl (C=O) groups is 1. The zero-order valence-corrected chi connectivity index (χ0v) is 17.9. The molecule has 0 atom stereocenters. The first kappa shape index (κ1) is 23.5. The van der Waals surface area contributed by atoms with Crippen molar-refractivity contribution in [2.75, 3.05) is 53.4 Å². The average molecular weight is 384 g/mol. The molecule has 27 heavy (non-hydrogen) atoms. The molecule has 0 saturated carbocycles. The van der Waals surface area contributed by atoms with Gasteiger partial charge in [0, 0.05) is 32.2 Å².